The molecule has 2 aliphatic heterocycles. The van der Waals surface area contributed by atoms with Crippen LogP contribution in [0.25, 0.3) is 0 Å². The number of amides is 4. The van der Waals surface area contributed by atoms with Gasteiger partial charge in [0, 0.05) is 16.9 Å². The van der Waals surface area contributed by atoms with Gasteiger partial charge in [0.25, 0.3) is 11.8 Å². The molecule has 1 fully saturated rings. The lowest BCUT2D eigenvalue weighted by atomic mass is 10.0. The molecule has 58 heavy (non-hydrogen) atoms. The zero-order chi connectivity index (χ0) is 42.0. The molecule has 2 unspecified atom stereocenters. The van der Waals surface area contributed by atoms with Crippen molar-refractivity contribution in [2.24, 2.45) is 5.16 Å². The summed E-state index contributed by atoms with van der Waals surface area (Å²) in [6, 6.07) is 5.75. The molecule has 3 aromatic rings. The number of thioether (sulfide) groups is 2. The Bertz CT molecular complexity index is 2070. The highest BCUT2D eigenvalue weighted by molar-refractivity contribution is 8.01. The number of tetrazole rings is 1. The van der Waals surface area contributed by atoms with E-state index < -0.39 is 59.5 Å². The number of aromatic nitrogens is 5. The second kappa shape index (κ2) is 19.6. The van der Waals surface area contributed by atoms with Crippen molar-refractivity contribution in [2.45, 2.75) is 75.5 Å². The van der Waals surface area contributed by atoms with E-state index in [0.29, 0.717) is 29.7 Å². The molecule has 1 aromatic carbocycles. The highest BCUT2D eigenvalue weighted by Gasteiger charge is 2.54. The number of anilines is 1. The Morgan fingerprint density at radius 2 is 1.95 bits per heavy atom. The number of carbonyl (C=O) groups is 6. The van der Waals surface area contributed by atoms with Gasteiger partial charge in [0.2, 0.25) is 11.6 Å². The number of hydrogen-bond acceptors (Lipinski definition) is 18. The highest BCUT2D eigenvalue weighted by atomic mass is 32.2. The van der Waals surface area contributed by atoms with Crippen molar-refractivity contribution in [1.29, 1.82) is 0 Å². The number of nitrogens with zero attached hydrogens (tertiary/aromatic N) is 7. The van der Waals surface area contributed by atoms with E-state index >= 15 is 0 Å². The number of alkyl carbamates (subject to hydrolysis) is 1. The van der Waals surface area contributed by atoms with Gasteiger partial charge in [-0.2, -0.15) is 0 Å². The number of nitrogens with one attached hydrogen (secondary N) is 3. The van der Waals surface area contributed by atoms with Crippen LogP contribution in [0.2, 0.25) is 0 Å². The number of carboxylic acids is 1. The van der Waals surface area contributed by atoms with Crippen LogP contribution < -0.4 is 20.7 Å². The molecular formula is C34H40N10O11S3. The fraction of sp³-hybridized carbons (Fsp3) is 0.441. The van der Waals surface area contributed by atoms with Gasteiger partial charge >= 0.3 is 18.0 Å². The van der Waals surface area contributed by atoms with Crippen molar-refractivity contribution in [2.75, 3.05) is 30.5 Å². The number of benzene rings is 1. The zero-order valence-electron chi connectivity index (χ0n) is 31.8. The number of rotatable bonds is 19. The number of fused-ring (bicyclic) bond motifs is 1. The van der Waals surface area contributed by atoms with Crippen LogP contribution in [-0.4, -0.2) is 125 Å². The van der Waals surface area contributed by atoms with Crippen LogP contribution >= 0.6 is 34.9 Å². The summed E-state index contributed by atoms with van der Waals surface area (Å²) in [6.45, 7) is 6.34. The highest BCUT2D eigenvalue weighted by Crippen LogP contribution is 2.42. The molecule has 24 heteroatoms. The van der Waals surface area contributed by atoms with Crippen molar-refractivity contribution in [3.05, 3.63) is 52.2 Å². The molecule has 1 saturated heterocycles. The standard InChI is InChI=1S/C34H40N10O11S3/c1-6-20(11-35-33(51)54-34(2,3)4)55-40-24(22-16-57-31(37-22)36-17-45)27(48)38-25-28(49)44-26(30(50)53-13-18-7-9-21(52-5)10-8-18)19(14-56-29(25)44)15-58-32-39-41-42-43(32)12-23(46)47/h7-10,16-17,20,25,29H,6,11-15H2,1-5H3,(H,35,51)(H,38,48)(H,46,47)(H,36,37,45)/t20?,25?,29-/m0/s1. The molecule has 3 atom stereocenters. The van der Waals surface area contributed by atoms with Crippen LogP contribution in [-0.2, 0) is 51.4 Å². The fourth-order valence-electron chi connectivity index (χ4n) is 5.21. The minimum Gasteiger partial charge on any atom is -0.497 e. The van der Waals surface area contributed by atoms with E-state index in [9.17, 15) is 33.9 Å². The summed E-state index contributed by atoms with van der Waals surface area (Å²) >= 11 is 3.38. The maximum Gasteiger partial charge on any atom is 0.407 e. The van der Waals surface area contributed by atoms with Crippen LogP contribution in [0.5, 0.6) is 5.75 Å². The minimum absolute atomic E-state index is 0.00756. The number of aliphatic carboxylic acids is 1. The predicted octanol–water partition coefficient (Wildman–Crippen LogP) is 2.00. The van der Waals surface area contributed by atoms with Gasteiger partial charge in [-0.15, -0.1) is 28.2 Å². The molecule has 0 saturated carbocycles. The molecule has 4 heterocycles. The number of ether oxygens (including phenoxy) is 3. The van der Waals surface area contributed by atoms with Crippen LogP contribution in [0.15, 0.2) is 51.2 Å². The van der Waals surface area contributed by atoms with Crippen LogP contribution in [0, 0.1) is 0 Å². The molecular weight excluding hydrogens is 821 g/mol. The maximum atomic E-state index is 13.9. The van der Waals surface area contributed by atoms with Gasteiger partial charge in [0.1, 0.15) is 53.4 Å². The first-order valence-electron chi connectivity index (χ1n) is 17.5. The van der Waals surface area contributed by atoms with Crippen molar-refractivity contribution in [3.8, 4) is 5.75 Å². The zero-order valence-corrected chi connectivity index (χ0v) is 34.3. The van der Waals surface area contributed by atoms with Gasteiger partial charge in [-0.05, 0) is 60.9 Å². The van der Waals surface area contributed by atoms with Crippen molar-refractivity contribution < 1.29 is 52.9 Å². The second-order valence-corrected chi connectivity index (χ2v) is 16.2. The first kappa shape index (κ1) is 43.4. The summed E-state index contributed by atoms with van der Waals surface area (Å²) in [5.74, 6) is -2.46. The number of carboxylic acid groups (broad SMARTS) is 1. The quantitative estimate of drug-likeness (QED) is 0.0335. The summed E-state index contributed by atoms with van der Waals surface area (Å²) in [7, 11) is 1.53. The molecule has 2 aliphatic rings. The number of thiazole rings is 1. The first-order valence-corrected chi connectivity index (χ1v) is 20.4. The number of carbonyl (C=O) groups excluding carboxylic acids is 5. The van der Waals surface area contributed by atoms with Gasteiger partial charge in [0.15, 0.2) is 10.8 Å². The van der Waals surface area contributed by atoms with Gasteiger partial charge in [0.05, 0.1) is 13.7 Å². The predicted molar refractivity (Wildman–Crippen MR) is 209 cm³/mol. The molecule has 21 nitrogen and oxygen atoms in total. The van der Waals surface area contributed by atoms with Crippen LogP contribution in [0.1, 0.15) is 45.4 Å². The summed E-state index contributed by atoms with van der Waals surface area (Å²) in [5, 5.41) is 33.2. The molecule has 4 N–H and O–H groups in total. The SMILES string of the molecule is CCC(CNC(=O)OC(C)(C)C)ON=C(C(=O)NC1C(=O)N2C(C(=O)OCc3ccc(OC)cc3)=C(CSc3nnnn3CC(=O)O)CS[C@@H]12)c1csc(NC=O)n1. The number of esters is 1. The average molecular weight is 861 g/mol. The third kappa shape index (κ3) is 11.2. The lowest BCUT2D eigenvalue weighted by Crippen LogP contribution is -2.71. The molecule has 0 aliphatic carbocycles. The summed E-state index contributed by atoms with van der Waals surface area (Å²) in [6.07, 6.45) is -0.572. The van der Waals surface area contributed by atoms with Crippen molar-refractivity contribution >= 4 is 82.0 Å². The van der Waals surface area contributed by atoms with Crippen molar-refractivity contribution in [3.63, 3.8) is 0 Å². The Kier molecular flexibility index (Phi) is 14.7. The Labute approximate surface area is 343 Å². The molecule has 2 aromatic heterocycles. The number of β-lactam (4-membered cyclic amide) rings is 1. The van der Waals surface area contributed by atoms with E-state index in [4.69, 9.17) is 19.0 Å². The molecule has 310 valence electrons. The Hall–Kier alpha value is -5.75. The van der Waals surface area contributed by atoms with Gasteiger partial charge < -0.3 is 40.1 Å². The first-order chi connectivity index (χ1) is 27.7. The van der Waals surface area contributed by atoms with E-state index in [0.717, 1.165) is 27.8 Å². The molecule has 4 amide bonds. The third-order valence-electron chi connectivity index (χ3n) is 7.98. The molecule has 0 bridgehead atoms. The fourth-order valence-corrected chi connectivity index (χ4v) is 8.23. The second-order valence-electron chi connectivity index (χ2n) is 13.3. The van der Waals surface area contributed by atoms with Gasteiger partial charge in [-0.25, -0.2) is 19.3 Å². The minimum atomic E-state index is -1.15. The monoisotopic (exact) mass is 860 g/mol. The summed E-state index contributed by atoms with van der Waals surface area (Å²) in [4.78, 5) is 87.4. The van der Waals surface area contributed by atoms with Gasteiger partial charge in [-0.1, -0.05) is 36.0 Å². The normalized spacial score (nSPS) is 17.0. The number of oxime groups is 1. The van der Waals surface area contributed by atoms with Crippen LogP contribution in [0.4, 0.5) is 9.93 Å². The number of methoxy groups -OCH3 is 1. The molecule has 5 rings (SSSR count). The van der Waals surface area contributed by atoms with E-state index in [1.807, 2.05) is 0 Å². The smallest absolute Gasteiger partial charge is 0.407 e. The Balaban J connectivity index is 1.35. The van der Waals surface area contributed by atoms with E-state index in [2.05, 4.69) is 41.6 Å². The van der Waals surface area contributed by atoms with Crippen molar-refractivity contribution in [1.82, 2.24) is 40.7 Å². The lowest BCUT2D eigenvalue weighted by Gasteiger charge is -2.49. The molecule has 0 spiro atoms. The largest absolute Gasteiger partial charge is 0.497 e. The summed E-state index contributed by atoms with van der Waals surface area (Å²) < 4.78 is 17.2. The molecule has 0 radical (unpaired) electrons. The topological polar surface area (TPSA) is 268 Å². The Morgan fingerprint density at radius 1 is 1.19 bits per heavy atom. The maximum absolute atomic E-state index is 13.9. The average Bonchev–Trinajstić information content (AvgIpc) is 3.84. The third-order valence-corrected chi connectivity index (χ3v) is 11.1. The lowest BCUT2D eigenvalue weighted by molar-refractivity contribution is -0.153. The van der Waals surface area contributed by atoms with E-state index in [-0.39, 0.29) is 52.0 Å². The van der Waals surface area contributed by atoms with E-state index in [1.54, 1.807) is 52.0 Å². The Morgan fingerprint density at radius 3 is 2.62 bits per heavy atom. The van der Waals surface area contributed by atoms with E-state index in [1.165, 1.54) is 29.2 Å². The summed E-state index contributed by atoms with van der Waals surface area (Å²) in [5.41, 5.74) is 0.123. The van der Waals surface area contributed by atoms with Crippen LogP contribution in [0.3, 0.4) is 0 Å². The number of hydrogen-bond donors (Lipinski definition) is 4. The van der Waals surface area contributed by atoms with Gasteiger partial charge in [-0.3, -0.25) is 24.1 Å².